The molecule has 1 atom stereocenters. The summed E-state index contributed by atoms with van der Waals surface area (Å²) in [6, 6.07) is 11.4. The maximum atomic E-state index is 12.4. The number of carbonyl (C=O) groups excluding carboxylic acids is 1. The monoisotopic (exact) mass is 341 g/mol. The molecule has 0 aliphatic heterocycles. The molecule has 0 spiro atoms. The molecule has 0 unspecified atom stereocenters. The molecule has 1 amide bonds. The van der Waals surface area contributed by atoms with Crippen LogP contribution in [-0.4, -0.2) is 18.1 Å². The van der Waals surface area contributed by atoms with Crippen molar-refractivity contribution in [2.45, 2.75) is 53.8 Å². The number of anilines is 1. The molecule has 2 aromatic carbocycles. The Morgan fingerprint density at radius 3 is 2.20 bits per heavy atom. The highest BCUT2D eigenvalue weighted by Gasteiger charge is 2.16. The van der Waals surface area contributed by atoms with Crippen LogP contribution in [0.4, 0.5) is 5.69 Å². The van der Waals surface area contributed by atoms with E-state index in [0.29, 0.717) is 5.69 Å². The minimum atomic E-state index is -0.591. The van der Waals surface area contributed by atoms with Crippen LogP contribution < -0.4 is 14.8 Å². The van der Waals surface area contributed by atoms with Crippen molar-refractivity contribution in [1.82, 2.24) is 0 Å². The van der Waals surface area contributed by atoms with Crippen molar-refractivity contribution < 1.29 is 14.3 Å². The summed E-state index contributed by atoms with van der Waals surface area (Å²) >= 11 is 0. The van der Waals surface area contributed by atoms with E-state index >= 15 is 0 Å². The van der Waals surface area contributed by atoms with Crippen molar-refractivity contribution in [2.75, 3.05) is 5.32 Å². The lowest BCUT2D eigenvalue weighted by Crippen LogP contribution is -2.30. The van der Waals surface area contributed by atoms with E-state index in [-0.39, 0.29) is 12.0 Å². The van der Waals surface area contributed by atoms with Gasteiger partial charge < -0.3 is 14.8 Å². The topological polar surface area (TPSA) is 47.6 Å². The van der Waals surface area contributed by atoms with E-state index in [4.69, 9.17) is 9.47 Å². The van der Waals surface area contributed by atoms with Gasteiger partial charge in [-0.15, -0.1) is 0 Å². The standard InChI is InChI=1S/C21H27NO3/c1-13(2)24-19-9-7-18(8-10-19)22-21(23)17(6)25-20-12-14(3)11-15(4)16(20)5/h7-13,17H,1-6H3,(H,22,23)/t17-/m1/s1. The Morgan fingerprint density at radius 1 is 0.960 bits per heavy atom. The number of ether oxygens (including phenoxy) is 2. The van der Waals surface area contributed by atoms with Crippen LogP contribution in [0.25, 0.3) is 0 Å². The molecule has 0 saturated heterocycles. The smallest absolute Gasteiger partial charge is 0.265 e. The highest BCUT2D eigenvalue weighted by atomic mass is 16.5. The number of aryl methyl sites for hydroxylation is 2. The third kappa shape index (κ3) is 5.24. The van der Waals surface area contributed by atoms with Crippen molar-refractivity contribution in [2.24, 2.45) is 0 Å². The summed E-state index contributed by atoms with van der Waals surface area (Å²) in [7, 11) is 0. The van der Waals surface area contributed by atoms with Gasteiger partial charge in [0.15, 0.2) is 6.10 Å². The molecule has 2 aromatic rings. The number of amides is 1. The first-order valence-corrected chi connectivity index (χ1v) is 8.58. The lowest BCUT2D eigenvalue weighted by atomic mass is 10.1. The molecule has 4 nitrogen and oxygen atoms in total. The minimum absolute atomic E-state index is 0.120. The van der Waals surface area contributed by atoms with Crippen LogP contribution >= 0.6 is 0 Å². The molecule has 0 fully saturated rings. The largest absolute Gasteiger partial charge is 0.491 e. The van der Waals surface area contributed by atoms with E-state index in [0.717, 1.165) is 28.2 Å². The third-order valence-electron chi connectivity index (χ3n) is 3.93. The van der Waals surface area contributed by atoms with Gasteiger partial charge in [0, 0.05) is 5.69 Å². The van der Waals surface area contributed by atoms with Gasteiger partial charge in [-0.3, -0.25) is 4.79 Å². The second kappa shape index (κ2) is 8.06. The highest BCUT2D eigenvalue weighted by Crippen LogP contribution is 2.24. The molecule has 25 heavy (non-hydrogen) atoms. The number of carbonyl (C=O) groups is 1. The fourth-order valence-electron chi connectivity index (χ4n) is 2.50. The predicted molar refractivity (Wildman–Crippen MR) is 102 cm³/mol. The number of nitrogens with one attached hydrogen (secondary N) is 1. The van der Waals surface area contributed by atoms with E-state index < -0.39 is 6.10 Å². The molecule has 0 radical (unpaired) electrons. The van der Waals surface area contributed by atoms with Crippen molar-refractivity contribution in [1.29, 1.82) is 0 Å². The van der Waals surface area contributed by atoms with E-state index in [1.165, 1.54) is 0 Å². The predicted octanol–water partition coefficient (Wildman–Crippen LogP) is 4.81. The fourth-order valence-corrected chi connectivity index (χ4v) is 2.50. The normalized spacial score (nSPS) is 12.0. The molecular weight excluding hydrogens is 314 g/mol. The summed E-state index contributed by atoms with van der Waals surface area (Å²) in [4.78, 5) is 12.4. The molecule has 0 saturated carbocycles. The van der Waals surface area contributed by atoms with Crippen LogP contribution in [0.1, 0.15) is 37.5 Å². The maximum Gasteiger partial charge on any atom is 0.265 e. The van der Waals surface area contributed by atoms with Gasteiger partial charge in [-0.1, -0.05) is 6.07 Å². The van der Waals surface area contributed by atoms with E-state index in [9.17, 15) is 4.79 Å². The van der Waals surface area contributed by atoms with Gasteiger partial charge >= 0.3 is 0 Å². The Bertz CT molecular complexity index is 736. The number of rotatable bonds is 6. The molecule has 0 aliphatic rings. The van der Waals surface area contributed by atoms with Gasteiger partial charge in [-0.05, 0) is 88.6 Å². The zero-order valence-electron chi connectivity index (χ0n) is 15.8. The van der Waals surface area contributed by atoms with Crippen LogP contribution in [0.5, 0.6) is 11.5 Å². The van der Waals surface area contributed by atoms with E-state index in [2.05, 4.69) is 11.4 Å². The van der Waals surface area contributed by atoms with E-state index in [1.807, 2.05) is 65.0 Å². The number of benzene rings is 2. The molecule has 0 heterocycles. The van der Waals surface area contributed by atoms with Crippen LogP contribution in [0.2, 0.25) is 0 Å². The summed E-state index contributed by atoms with van der Waals surface area (Å²) in [5.41, 5.74) is 4.05. The van der Waals surface area contributed by atoms with Crippen LogP contribution in [0.15, 0.2) is 36.4 Å². The SMILES string of the molecule is Cc1cc(C)c(C)c(O[C@H](C)C(=O)Nc2ccc(OC(C)C)cc2)c1. The maximum absolute atomic E-state index is 12.4. The summed E-state index contributed by atoms with van der Waals surface area (Å²) < 4.78 is 11.5. The summed E-state index contributed by atoms with van der Waals surface area (Å²) in [6.45, 7) is 11.8. The molecule has 134 valence electrons. The second-order valence-electron chi connectivity index (χ2n) is 6.65. The Labute approximate surface area is 150 Å². The van der Waals surface area contributed by atoms with E-state index in [1.54, 1.807) is 6.92 Å². The quantitative estimate of drug-likeness (QED) is 0.820. The first-order chi connectivity index (χ1) is 11.8. The van der Waals surface area contributed by atoms with Gasteiger partial charge in [0.2, 0.25) is 0 Å². The minimum Gasteiger partial charge on any atom is -0.491 e. The Hall–Kier alpha value is -2.49. The lowest BCUT2D eigenvalue weighted by Gasteiger charge is -2.18. The molecule has 0 aromatic heterocycles. The van der Waals surface area contributed by atoms with Gasteiger partial charge in [0.05, 0.1) is 6.10 Å². The molecule has 4 heteroatoms. The van der Waals surface area contributed by atoms with Crippen LogP contribution in [0, 0.1) is 20.8 Å². The average Bonchev–Trinajstić information content (AvgIpc) is 2.53. The summed E-state index contributed by atoms with van der Waals surface area (Å²) in [5.74, 6) is 1.35. The van der Waals surface area contributed by atoms with Gasteiger partial charge in [0.25, 0.3) is 5.91 Å². The zero-order chi connectivity index (χ0) is 18.6. The fraction of sp³-hybridized carbons (Fsp3) is 0.381. The highest BCUT2D eigenvalue weighted by molar-refractivity contribution is 5.94. The first kappa shape index (κ1) is 18.8. The van der Waals surface area contributed by atoms with Crippen molar-refractivity contribution in [3.8, 4) is 11.5 Å². The molecule has 1 N–H and O–H groups in total. The molecule has 0 aliphatic carbocycles. The Balaban J connectivity index is 2.01. The van der Waals surface area contributed by atoms with Gasteiger partial charge in [-0.2, -0.15) is 0 Å². The van der Waals surface area contributed by atoms with Gasteiger partial charge in [-0.25, -0.2) is 0 Å². The Morgan fingerprint density at radius 2 is 1.60 bits per heavy atom. The number of hydrogen-bond donors (Lipinski definition) is 1. The second-order valence-corrected chi connectivity index (χ2v) is 6.65. The molecular formula is C21H27NO3. The van der Waals surface area contributed by atoms with Gasteiger partial charge in [0.1, 0.15) is 11.5 Å². The lowest BCUT2D eigenvalue weighted by molar-refractivity contribution is -0.122. The van der Waals surface area contributed by atoms with Crippen molar-refractivity contribution >= 4 is 11.6 Å². The zero-order valence-corrected chi connectivity index (χ0v) is 15.8. The molecule has 0 bridgehead atoms. The molecule has 2 rings (SSSR count). The van der Waals surface area contributed by atoms with Crippen LogP contribution in [0.3, 0.4) is 0 Å². The number of hydrogen-bond acceptors (Lipinski definition) is 3. The van der Waals surface area contributed by atoms with Crippen LogP contribution in [-0.2, 0) is 4.79 Å². The van der Waals surface area contributed by atoms with Crippen molar-refractivity contribution in [3.63, 3.8) is 0 Å². The first-order valence-electron chi connectivity index (χ1n) is 8.58. The average molecular weight is 341 g/mol. The Kier molecular flexibility index (Phi) is 6.07. The third-order valence-corrected chi connectivity index (χ3v) is 3.93. The van der Waals surface area contributed by atoms with Crippen molar-refractivity contribution in [3.05, 3.63) is 53.1 Å². The summed E-state index contributed by atoms with van der Waals surface area (Å²) in [6.07, 6.45) is -0.471. The summed E-state index contributed by atoms with van der Waals surface area (Å²) in [5, 5.41) is 2.87.